The number of carboxylic acid groups (broad SMARTS) is 1. The van der Waals surface area contributed by atoms with Gasteiger partial charge >= 0.3 is 5.97 Å². The van der Waals surface area contributed by atoms with Gasteiger partial charge < -0.3 is 15.7 Å². The Kier molecular flexibility index (Phi) is 4.39. The van der Waals surface area contributed by atoms with Gasteiger partial charge in [0.1, 0.15) is 0 Å². The highest BCUT2D eigenvalue weighted by atomic mass is 32.1. The molecule has 1 aliphatic carbocycles. The van der Waals surface area contributed by atoms with Crippen LogP contribution < -0.4 is 10.6 Å². The number of thiophene rings is 1. The maximum Gasteiger partial charge on any atom is 0.311 e. The maximum absolute atomic E-state index is 11.6. The summed E-state index contributed by atoms with van der Waals surface area (Å²) in [7, 11) is 0. The normalized spacial score (nSPS) is 15.4. The smallest absolute Gasteiger partial charge is 0.311 e. The zero-order chi connectivity index (χ0) is 14.6. The molecule has 20 heavy (non-hydrogen) atoms. The SMILES string of the molecule is O=C(CCNC(=O)c1cccs1)NCC1(C(=O)O)CC1. The van der Waals surface area contributed by atoms with Crippen LogP contribution in [0, 0.1) is 5.41 Å². The average molecular weight is 296 g/mol. The molecular formula is C13H16N2O4S. The highest BCUT2D eigenvalue weighted by molar-refractivity contribution is 7.12. The molecule has 2 rings (SSSR count). The summed E-state index contributed by atoms with van der Waals surface area (Å²) in [5.41, 5.74) is -0.754. The van der Waals surface area contributed by atoms with Gasteiger partial charge in [0.15, 0.2) is 0 Å². The van der Waals surface area contributed by atoms with Crippen molar-refractivity contribution in [3.05, 3.63) is 22.4 Å². The van der Waals surface area contributed by atoms with E-state index in [1.807, 2.05) is 5.38 Å². The average Bonchev–Trinajstić information content (AvgIpc) is 3.01. The quantitative estimate of drug-likeness (QED) is 0.695. The van der Waals surface area contributed by atoms with Gasteiger partial charge in [-0.2, -0.15) is 0 Å². The minimum absolute atomic E-state index is 0.146. The van der Waals surface area contributed by atoms with Crippen LogP contribution in [0.1, 0.15) is 28.9 Å². The molecule has 6 nitrogen and oxygen atoms in total. The summed E-state index contributed by atoms with van der Waals surface area (Å²) in [4.78, 5) is 34.7. The zero-order valence-corrected chi connectivity index (χ0v) is 11.7. The summed E-state index contributed by atoms with van der Waals surface area (Å²) in [6.45, 7) is 0.405. The van der Waals surface area contributed by atoms with Gasteiger partial charge in [-0.05, 0) is 24.3 Å². The zero-order valence-electron chi connectivity index (χ0n) is 10.8. The minimum Gasteiger partial charge on any atom is -0.481 e. The molecule has 1 heterocycles. The molecule has 1 saturated carbocycles. The Morgan fingerprint density at radius 3 is 2.60 bits per heavy atom. The standard InChI is InChI=1S/C13H16N2O4S/c16-10(15-8-13(4-5-13)12(18)19)3-6-14-11(17)9-2-1-7-20-9/h1-2,7H,3-6,8H2,(H,14,17)(H,15,16)(H,18,19). The Bertz CT molecular complexity index is 508. The number of amides is 2. The molecule has 3 N–H and O–H groups in total. The third-order valence-corrected chi connectivity index (χ3v) is 4.18. The lowest BCUT2D eigenvalue weighted by Crippen LogP contribution is -2.36. The molecule has 0 aliphatic heterocycles. The van der Waals surface area contributed by atoms with E-state index in [0.717, 1.165) is 0 Å². The Morgan fingerprint density at radius 1 is 1.30 bits per heavy atom. The van der Waals surface area contributed by atoms with E-state index in [-0.39, 0.29) is 31.3 Å². The lowest BCUT2D eigenvalue weighted by Gasteiger charge is -2.11. The fourth-order valence-electron chi connectivity index (χ4n) is 1.76. The van der Waals surface area contributed by atoms with Crippen LogP contribution in [-0.2, 0) is 9.59 Å². The van der Waals surface area contributed by atoms with E-state index in [4.69, 9.17) is 5.11 Å². The third kappa shape index (κ3) is 3.57. The summed E-state index contributed by atoms with van der Waals surface area (Å²) >= 11 is 1.34. The first-order valence-electron chi connectivity index (χ1n) is 6.35. The first-order valence-corrected chi connectivity index (χ1v) is 7.23. The molecule has 0 atom stereocenters. The van der Waals surface area contributed by atoms with Crippen molar-refractivity contribution in [1.82, 2.24) is 10.6 Å². The van der Waals surface area contributed by atoms with Crippen molar-refractivity contribution in [1.29, 1.82) is 0 Å². The van der Waals surface area contributed by atoms with Crippen LogP contribution in [0.25, 0.3) is 0 Å². The number of rotatable bonds is 7. The molecule has 1 aliphatic rings. The van der Waals surface area contributed by atoms with E-state index in [9.17, 15) is 14.4 Å². The van der Waals surface area contributed by atoms with E-state index in [2.05, 4.69) is 10.6 Å². The van der Waals surface area contributed by atoms with E-state index >= 15 is 0 Å². The van der Waals surface area contributed by atoms with Crippen molar-refractivity contribution in [2.45, 2.75) is 19.3 Å². The summed E-state index contributed by atoms with van der Waals surface area (Å²) in [5, 5.41) is 16.0. The molecule has 0 unspecified atom stereocenters. The van der Waals surface area contributed by atoms with Crippen molar-refractivity contribution in [3.63, 3.8) is 0 Å². The molecule has 108 valence electrons. The molecule has 0 bridgehead atoms. The molecular weight excluding hydrogens is 280 g/mol. The molecule has 2 amide bonds. The number of carbonyl (C=O) groups excluding carboxylic acids is 2. The van der Waals surface area contributed by atoms with Crippen molar-refractivity contribution < 1.29 is 19.5 Å². The van der Waals surface area contributed by atoms with Crippen LogP contribution in [-0.4, -0.2) is 36.0 Å². The number of carboxylic acids is 1. The van der Waals surface area contributed by atoms with E-state index in [1.54, 1.807) is 12.1 Å². The lowest BCUT2D eigenvalue weighted by atomic mass is 10.1. The van der Waals surface area contributed by atoms with E-state index in [1.165, 1.54) is 11.3 Å². The Morgan fingerprint density at radius 2 is 2.05 bits per heavy atom. The monoisotopic (exact) mass is 296 g/mol. The summed E-state index contributed by atoms with van der Waals surface area (Å²) < 4.78 is 0. The number of hydrogen-bond donors (Lipinski definition) is 3. The second-order valence-electron chi connectivity index (χ2n) is 4.85. The molecule has 1 aromatic rings. The molecule has 1 aromatic heterocycles. The van der Waals surface area contributed by atoms with Gasteiger partial charge in [0, 0.05) is 19.5 Å². The van der Waals surface area contributed by atoms with E-state index < -0.39 is 11.4 Å². The summed E-state index contributed by atoms with van der Waals surface area (Å²) in [6.07, 6.45) is 1.36. The van der Waals surface area contributed by atoms with Crippen LogP contribution in [0.2, 0.25) is 0 Å². The molecule has 7 heteroatoms. The highest BCUT2D eigenvalue weighted by Crippen LogP contribution is 2.45. The van der Waals surface area contributed by atoms with Gasteiger partial charge in [0.25, 0.3) is 5.91 Å². The number of aliphatic carboxylic acids is 1. The fourth-order valence-corrected chi connectivity index (χ4v) is 2.40. The van der Waals surface area contributed by atoms with Crippen LogP contribution in [0.15, 0.2) is 17.5 Å². The van der Waals surface area contributed by atoms with Crippen LogP contribution >= 0.6 is 11.3 Å². The lowest BCUT2D eigenvalue weighted by molar-refractivity contribution is -0.143. The van der Waals surface area contributed by atoms with Gasteiger partial charge in [0.05, 0.1) is 10.3 Å². The second-order valence-corrected chi connectivity index (χ2v) is 5.79. The summed E-state index contributed by atoms with van der Waals surface area (Å²) in [5.74, 6) is -1.30. The first-order chi connectivity index (χ1) is 9.53. The minimum atomic E-state index is -0.858. The van der Waals surface area contributed by atoms with Crippen LogP contribution in [0.3, 0.4) is 0 Å². The molecule has 0 spiro atoms. The van der Waals surface area contributed by atoms with Crippen LogP contribution in [0.5, 0.6) is 0 Å². The van der Waals surface area contributed by atoms with Crippen molar-refractivity contribution in [2.75, 3.05) is 13.1 Å². The highest BCUT2D eigenvalue weighted by Gasteiger charge is 2.50. The van der Waals surface area contributed by atoms with Gasteiger partial charge in [0.2, 0.25) is 5.91 Å². The van der Waals surface area contributed by atoms with Crippen LogP contribution in [0.4, 0.5) is 0 Å². The predicted molar refractivity (Wildman–Crippen MR) is 73.6 cm³/mol. The molecule has 1 fully saturated rings. The first kappa shape index (κ1) is 14.5. The molecule has 0 saturated heterocycles. The third-order valence-electron chi connectivity index (χ3n) is 3.31. The number of carbonyl (C=O) groups is 3. The number of nitrogens with one attached hydrogen (secondary N) is 2. The van der Waals surface area contributed by atoms with Gasteiger partial charge in [-0.3, -0.25) is 14.4 Å². The van der Waals surface area contributed by atoms with Crippen molar-refractivity contribution >= 4 is 29.1 Å². The van der Waals surface area contributed by atoms with Crippen molar-refractivity contribution in [2.24, 2.45) is 5.41 Å². The van der Waals surface area contributed by atoms with Gasteiger partial charge in [-0.1, -0.05) is 6.07 Å². The second kappa shape index (κ2) is 6.04. The predicted octanol–water partition coefficient (Wildman–Crippen LogP) is 0.849. The largest absolute Gasteiger partial charge is 0.481 e. The van der Waals surface area contributed by atoms with Gasteiger partial charge in [-0.15, -0.1) is 11.3 Å². The summed E-state index contributed by atoms with van der Waals surface area (Å²) in [6, 6.07) is 3.50. The van der Waals surface area contributed by atoms with E-state index in [0.29, 0.717) is 17.7 Å². The molecule has 0 aromatic carbocycles. The fraction of sp³-hybridized carbons (Fsp3) is 0.462. The Hall–Kier alpha value is -1.89. The maximum atomic E-state index is 11.6. The Labute approximate surface area is 120 Å². The topological polar surface area (TPSA) is 95.5 Å². The Balaban J connectivity index is 1.63. The van der Waals surface area contributed by atoms with Crippen molar-refractivity contribution in [3.8, 4) is 0 Å². The molecule has 0 radical (unpaired) electrons. The number of hydrogen-bond acceptors (Lipinski definition) is 4. The van der Waals surface area contributed by atoms with Gasteiger partial charge in [-0.25, -0.2) is 0 Å².